The first kappa shape index (κ1) is 14.0. The molecule has 0 aliphatic heterocycles. The van der Waals surface area contributed by atoms with E-state index in [-0.39, 0.29) is 11.5 Å². The molecule has 2 aromatic heterocycles. The van der Waals surface area contributed by atoms with E-state index in [4.69, 9.17) is 10.7 Å². The van der Waals surface area contributed by atoms with Gasteiger partial charge in [-0.1, -0.05) is 27.7 Å². The predicted octanol–water partition coefficient (Wildman–Crippen LogP) is 2.77. The second-order valence-electron chi connectivity index (χ2n) is 6.32. The monoisotopic (exact) mass is 260 g/mol. The topological polar surface area (TPSA) is 56.7 Å². The summed E-state index contributed by atoms with van der Waals surface area (Å²) >= 11 is 0. The van der Waals surface area contributed by atoms with Crippen molar-refractivity contribution >= 4 is 11.2 Å². The van der Waals surface area contributed by atoms with Crippen molar-refractivity contribution in [2.24, 2.45) is 5.73 Å². The number of aryl methyl sites for hydroxylation is 1. The second-order valence-corrected chi connectivity index (χ2v) is 6.32. The largest absolute Gasteiger partial charge is 0.326 e. The van der Waals surface area contributed by atoms with Crippen molar-refractivity contribution in [1.29, 1.82) is 0 Å². The van der Waals surface area contributed by atoms with Crippen LogP contribution in [0.4, 0.5) is 0 Å². The summed E-state index contributed by atoms with van der Waals surface area (Å²) < 4.78 is 2.18. The lowest BCUT2D eigenvalue weighted by atomic mass is 9.95. The third kappa shape index (κ3) is 2.78. The van der Waals surface area contributed by atoms with Crippen LogP contribution in [0.3, 0.4) is 0 Å². The smallest absolute Gasteiger partial charge is 0.160 e. The van der Waals surface area contributed by atoms with E-state index in [1.54, 1.807) is 0 Å². The summed E-state index contributed by atoms with van der Waals surface area (Å²) in [6.07, 6.45) is 2.85. The fourth-order valence-electron chi connectivity index (χ4n) is 2.22. The molecule has 0 aliphatic rings. The molecule has 4 heteroatoms. The van der Waals surface area contributed by atoms with Crippen LogP contribution in [0, 0.1) is 6.92 Å². The fourth-order valence-corrected chi connectivity index (χ4v) is 2.22. The van der Waals surface area contributed by atoms with Gasteiger partial charge in [0.15, 0.2) is 5.65 Å². The van der Waals surface area contributed by atoms with E-state index in [0.29, 0.717) is 0 Å². The van der Waals surface area contributed by atoms with Crippen molar-refractivity contribution in [1.82, 2.24) is 14.5 Å². The lowest BCUT2D eigenvalue weighted by molar-refractivity contribution is 0.467. The fraction of sp³-hybridized carbons (Fsp3) is 0.600. The maximum atomic E-state index is 6.12. The van der Waals surface area contributed by atoms with E-state index >= 15 is 0 Å². The van der Waals surface area contributed by atoms with Gasteiger partial charge in [-0.05, 0) is 25.0 Å². The molecule has 0 saturated heterocycles. The van der Waals surface area contributed by atoms with Gasteiger partial charge in [-0.2, -0.15) is 0 Å². The van der Waals surface area contributed by atoms with Gasteiger partial charge in [0.05, 0.1) is 0 Å². The van der Waals surface area contributed by atoms with Crippen LogP contribution in [0.5, 0.6) is 0 Å². The first-order chi connectivity index (χ1) is 8.82. The number of aromatic nitrogens is 3. The lowest BCUT2D eigenvalue weighted by Gasteiger charge is -2.21. The quantitative estimate of drug-likeness (QED) is 0.923. The van der Waals surface area contributed by atoms with Gasteiger partial charge < -0.3 is 10.3 Å². The Hall–Kier alpha value is -1.42. The van der Waals surface area contributed by atoms with Gasteiger partial charge in [0.25, 0.3) is 0 Å². The Balaban J connectivity index is 2.62. The molecule has 19 heavy (non-hydrogen) atoms. The number of nitrogens with zero attached hydrogens (tertiary/aromatic N) is 3. The van der Waals surface area contributed by atoms with Gasteiger partial charge in [-0.3, -0.25) is 0 Å². The predicted molar refractivity (Wildman–Crippen MR) is 79.2 cm³/mol. The Kier molecular flexibility index (Phi) is 3.63. The lowest BCUT2D eigenvalue weighted by Crippen LogP contribution is -2.29. The average molecular weight is 260 g/mol. The van der Waals surface area contributed by atoms with Crippen LogP contribution in [0.2, 0.25) is 0 Å². The summed E-state index contributed by atoms with van der Waals surface area (Å²) in [7, 11) is 0. The van der Waals surface area contributed by atoms with Crippen molar-refractivity contribution in [2.75, 3.05) is 0 Å². The molecular formula is C15H24N4. The highest BCUT2D eigenvalue weighted by Gasteiger charge is 2.24. The van der Waals surface area contributed by atoms with Crippen molar-refractivity contribution in [3.8, 4) is 0 Å². The molecule has 0 radical (unpaired) electrons. The summed E-state index contributed by atoms with van der Waals surface area (Å²) in [6.45, 7) is 11.5. The standard InChI is InChI=1S/C15H24N4/c1-6-11(16)9-19-13-12(7-10(2)8-17-13)18-14(19)15(3,4)5/h7-8,11H,6,9,16H2,1-5H3. The zero-order chi connectivity index (χ0) is 14.2. The number of fused-ring (bicyclic) bond motifs is 1. The number of imidazole rings is 1. The SMILES string of the molecule is CCC(N)Cn1c(C(C)(C)C)nc2cc(C)cnc21. The average Bonchev–Trinajstić information content (AvgIpc) is 2.67. The van der Waals surface area contributed by atoms with Crippen LogP contribution in [-0.2, 0) is 12.0 Å². The van der Waals surface area contributed by atoms with Crippen LogP contribution < -0.4 is 5.73 Å². The summed E-state index contributed by atoms with van der Waals surface area (Å²) in [4.78, 5) is 9.32. The molecule has 2 heterocycles. The van der Waals surface area contributed by atoms with E-state index < -0.39 is 0 Å². The molecule has 2 N–H and O–H groups in total. The number of rotatable bonds is 3. The Morgan fingerprint density at radius 2 is 2.05 bits per heavy atom. The Morgan fingerprint density at radius 1 is 1.37 bits per heavy atom. The molecule has 0 aliphatic carbocycles. The minimum absolute atomic E-state index is 0.0118. The summed E-state index contributed by atoms with van der Waals surface area (Å²) in [5, 5.41) is 0. The Labute approximate surface area is 115 Å². The maximum Gasteiger partial charge on any atom is 0.160 e. The van der Waals surface area contributed by atoms with Crippen molar-refractivity contribution < 1.29 is 0 Å². The third-order valence-corrected chi connectivity index (χ3v) is 3.33. The normalized spacial score (nSPS) is 14.0. The van der Waals surface area contributed by atoms with Crippen LogP contribution >= 0.6 is 0 Å². The molecule has 0 aromatic carbocycles. The summed E-state index contributed by atoms with van der Waals surface area (Å²) in [5.74, 6) is 1.06. The van der Waals surface area contributed by atoms with Crippen molar-refractivity contribution in [3.05, 3.63) is 23.7 Å². The highest BCUT2D eigenvalue weighted by molar-refractivity contribution is 5.72. The van der Waals surface area contributed by atoms with Crippen LogP contribution in [0.1, 0.15) is 45.5 Å². The third-order valence-electron chi connectivity index (χ3n) is 3.33. The van der Waals surface area contributed by atoms with Gasteiger partial charge in [0.2, 0.25) is 0 Å². The molecule has 0 saturated carbocycles. The van der Waals surface area contributed by atoms with Gasteiger partial charge in [0.1, 0.15) is 11.3 Å². The molecule has 0 spiro atoms. The molecule has 1 atom stereocenters. The molecule has 2 rings (SSSR count). The molecule has 0 bridgehead atoms. The first-order valence-corrected chi connectivity index (χ1v) is 6.92. The van der Waals surface area contributed by atoms with Gasteiger partial charge >= 0.3 is 0 Å². The molecule has 104 valence electrons. The molecule has 1 unspecified atom stereocenters. The minimum Gasteiger partial charge on any atom is -0.326 e. The summed E-state index contributed by atoms with van der Waals surface area (Å²) in [5.41, 5.74) is 9.16. The van der Waals surface area contributed by atoms with E-state index in [2.05, 4.69) is 43.3 Å². The highest BCUT2D eigenvalue weighted by atomic mass is 15.1. The number of hydrogen-bond donors (Lipinski definition) is 1. The number of pyridine rings is 1. The zero-order valence-corrected chi connectivity index (χ0v) is 12.6. The van der Waals surface area contributed by atoms with Crippen LogP contribution in [0.15, 0.2) is 12.3 Å². The van der Waals surface area contributed by atoms with E-state index in [0.717, 1.165) is 35.5 Å². The van der Waals surface area contributed by atoms with Crippen LogP contribution in [0.25, 0.3) is 11.2 Å². The first-order valence-electron chi connectivity index (χ1n) is 6.92. The van der Waals surface area contributed by atoms with Gasteiger partial charge in [-0.15, -0.1) is 0 Å². The van der Waals surface area contributed by atoms with E-state index in [9.17, 15) is 0 Å². The maximum absolute atomic E-state index is 6.12. The second kappa shape index (κ2) is 4.93. The minimum atomic E-state index is -0.0118. The van der Waals surface area contributed by atoms with E-state index in [1.807, 2.05) is 13.1 Å². The van der Waals surface area contributed by atoms with Crippen LogP contribution in [-0.4, -0.2) is 20.6 Å². The molecular weight excluding hydrogens is 236 g/mol. The van der Waals surface area contributed by atoms with Gasteiger partial charge in [-0.25, -0.2) is 9.97 Å². The number of hydrogen-bond acceptors (Lipinski definition) is 3. The molecule has 4 nitrogen and oxygen atoms in total. The molecule has 0 amide bonds. The van der Waals surface area contributed by atoms with Crippen molar-refractivity contribution in [2.45, 2.75) is 59.0 Å². The van der Waals surface area contributed by atoms with Crippen molar-refractivity contribution in [3.63, 3.8) is 0 Å². The highest BCUT2D eigenvalue weighted by Crippen LogP contribution is 2.26. The Bertz CT molecular complexity index is 578. The van der Waals surface area contributed by atoms with Gasteiger partial charge in [0, 0.05) is 24.2 Å². The molecule has 2 aromatic rings. The zero-order valence-electron chi connectivity index (χ0n) is 12.6. The number of nitrogens with two attached hydrogens (primary N) is 1. The molecule has 0 fully saturated rings. The summed E-state index contributed by atoms with van der Waals surface area (Å²) in [6, 6.07) is 2.23. The van der Waals surface area contributed by atoms with E-state index in [1.165, 1.54) is 0 Å². The Morgan fingerprint density at radius 3 is 2.63 bits per heavy atom.